The summed E-state index contributed by atoms with van der Waals surface area (Å²) < 4.78 is 54.0. The number of rotatable bonds is 3. The van der Waals surface area contributed by atoms with E-state index < -0.39 is 31.5 Å². The van der Waals surface area contributed by atoms with Gasteiger partial charge in [0.15, 0.2) is 0 Å². The number of halogens is 5. The van der Waals surface area contributed by atoms with E-state index >= 15 is 0 Å². The van der Waals surface area contributed by atoms with Crippen LogP contribution in [0.3, 0.4) is 0 Å². The van der Waals surface area contributed by atoms with Crippen LogP contribution in [0, 0.1) is 0 Å². The van der Waals surface area contributed by atoms with Crippen LogP contribution < -0.4 is 4.74 Å². The molecule has 1 aliphatic rings. The number of likely N-dealkylation sites (tertiary alicyclic amines) is 1. The van der Waals surface area contributed by atoms with Crippen LogP contribution >= 0.6 is 15.9 Å². The third kappa shape index (κ3) is 3.17. The Kier molecular flexibility index (Phi) is 3.71. The summed E-state index contributed by atoms with van der Waals surface area (Å²) in [5.74, 6) is -3.73. The maximum Gasteiger partial charge on any atom is 0.387 e. The molecule has 1 heterocycles. The molecule has 19 heavy (non-hydrogen) atoms. The maximum absolute atomic E-state index is 12.7. The summed E-state index contributed by atoms with van der Waals surface area (Å²) in [6, 6.07) is 3.69. The van der Waals surface area contributed by atoms with Gasteiger partial charge in [-0.3, -0.25) is 4.79 Å². The molecule has 0 N–H and O–H groups in total. The minimum absolute atomic E-state index is 0.00801. The first-order valence-corrected chi connectivity index (χ1v) is 5.99. The van der Waals surface area contributed by atoms with Gasteiger partial charge in [0, 0.05) is 4.47 Å². The first-order valence-electron chi connectivity index (χ1n) is 5.20. The van der Waals surface area contributed by atoms with Crippen molar-refractivity contribution in [3.8, 4) is 5.75 Å². The molecule has 0 aliphatic carbocycles. The first kappa shape index (κ1) is 14.1. The van der Waals surface area contributed by atoms with Crippen molar-refractivity contribution in [3.63, 3.8) is 0 Å². The van der Waals surface area contributed by atoms with Gasteiger partial charge in [0.25, 0.3) is 11.8 Å². The molecule has 0 saturated carbocycles. The third-order valence-corrected chi connectivity index (χ3v) is 3.22. The lowest BCUT2D eigenvalue weighted by molar-refractivity contribution is -0.113. The van der Waals surface area contributed by atoms with Crippen molar-refractivity contribution >= 4 is 21.8 Å². The van der Waals surface area contributed by atoms with Crippen molar-refractivity contribution in [1.29, 1.82) is 0 Å². The van der Waals surface area contributed by atoms with E-state index in [-0.39, 0.29) is 11.3 Å². The standard InChI is InChI=1S/C11H8BrF4NO2/c12-8-2-1-6(19-10(13)14)3-7(8)9(18)17-4-11(15,16)5-17/h1-3,10H,4-5H2. The van der Waals surface area contributed by atoms with Crippen LogP contribution in [0.1, 0.15) is 10.4 Å². The van der Waals surface area contributed by atoms with Crippen LogP contribution in [0.5, 0.6) is 5.75 Å². The van der Waals surface area contributed by atoms with E-state index in [4.69, 9.17) is 0 Å². The van der Waals surface area contributed by atoms with Crippen molar-refractivity contribution in [2.45, 2.75) is 12.5 Å². The second-order valence-electron chi connectivity index (χ2n) is 4.04. The smallest absolute Gasteiger partial charge is 0.387 e. The van der Waals surface area contributed by atoms with Crippen LogP contribution in [0.15, 0.2) is 22.7 Å². The summed E-state index contributed by atoms with van der Waals surface area (Å²) in [5, 5.41) is 0. The highest BCUT2D eigenvalue weighted by Crippen LogP contribution is 2.31. The van der Waals surface area contributed by atoms with Gasteiger partial charge in [-0.1, -0.05) is 0 Å². The highest BCUT2D eigenvalue weighted by molar-refractivity contribution is 9.10. The molecule has 0 bridgehead atoms. The molecule has 1 aromatic rings. The van der Waals surface area contributed by atoms with E-state index in [0.717, 1.165) is 11.0 Å². The Labute approximate surface area is 114 Å². The minimum Gasteiger partial charge on any atom is -0.435 e. The lowest BCUT2D eigenvalue weighted by atomic mass is 10.1. The molecule has 8 heteroatoms. The van der Waals surface area contributed by atoms with Crippen LogP contribution in [0.4, 0.5) is 17.6 Å². The molecule has 0 radical (unpaired) electrons. The Morgan fingerprint density at radius 1 is 1.37 bits per heavy atom. The van der Waals surface area contributed by atoms with Crippen molar-refractivity contribution in [2.24, 2.45) is 0 Å². The van der Waals surface area contributed by atoms with E-state index in [0.29, 0.717) is 4.47 Å². The van der Waals surface area contributed by atoms with E-state index in [2.05, 4.69) is 20.7 Å². The Bertz CT molecular complexity index is 501. The predicted octanol–water partition coefficient (Wildman–Crippen LogP) is 3.14. The summed E-state index contributed by atoms with van der Waals surface area (Å²) in [4.78, 5) is 12.8. The van der Waals surface area contributed by atoms with Crippen molar-refractivity contribution < 1.29 is 27.1 Å². The number of amides is 1. The van der Waals surface area contributed by atoms with E-state index in [1.54, 1.807) is 0 Å². The van der Waals surface area contributed by atoms with E-state index in [1.807, 2.05) is 0 Å². The summed E-state index contributed by atoms with van der Waals surface area (Å²) in [7, 11) is 0. The van der Waals surface area contributed by atoms with E-state index in [1.165, 1.54) is 12.1 Å². The summed E-state index contributed by atoms with van der Waals surface area (Å²) in [5.41, 5.74) is 0.00801. The van der Waals surface area contributed by atoms with Gasteiger partial charge in [-0.25, -0.2) is 8.78 Å². The zero-order valence-electron chi connectivity index (χ0n) is 9.38. The second kappa shape index (κ2) is 4.99. The number of hydrogen-bond donors (Lipinski definition) is 0. The Hall–Kier alpha value is -1.31. The fourth-order valence-electron chi connectivity index (χ4n) is 1.67. The molecule has 0 spiro atoms. The van der Waals surface area contributed by atoms with Gasteiger partial charge < -0.3 is 9.64 Å². The Morgan fingerprint density at radius 3 is 2.53 bits per heavy atom. The third-order valence-electron chi connectivity index (χ3n) is 2.52. The molecule has 1 amide bonds. The number of carbonyl (C=O) groups excluding carboxylic acids is 1. The fourth-order valence-corrected chi connectivity index (χ4v) is 2.09. The monoisotopic (exact) mass is 341 g/mol. The molecule has 104 valence electrons. The lowest BCUT2D eigenvalue weighted by Gasteiger charge is -2.38. The second-order valence-corrected chi connectivity index (χ2v) is 4.89. The molecule has 1 aromatic carbocycles. The number of carbonyl (C=O) groups is 1. The molecule has 0 unspecified atom stereocenters. The van der Waals surface area contributed by atoms with Crippen LogP contribution in [-0.4, -0.2) is 36.4 Å². The molecule has 3 nitrogen and oxygen atoms in total. The van der Waals surface area contributed by atoms with Gasteiger partial charge in [-0.2, -0.15) is 8.78 Å². The zero-order valence-corrected chi connectivity index (χ0v) is 11.0. The highest BCUT2D eigenvalue weighted by Gasteiger charge is 2.46. The highest BCUT2D eigenvalue weighted by atomic mass is 79.9. The molecular weight excluding hydrogens is 334 g/mol. The number of ether oxygens (including phenoxy) is 1. The van der Waals surface area contributed by atoms with Crippen LogP contribution in [0.2, 0.25) is 0 Å². The summed E-state index contributed by atoms with van der Waals surface area (Å²) in [6.07, 6.45) is 0. The molecular formula is C11H8BrF4NO2. The number of hydrogen-bond acceptors (Lipinski definition) is 2. The molecule has 0 atom stereocenters. The lowest BCUT2D eigenvalue weighted by Crippen LogP contribution is -2.58. The Balaban J connectivity index is 2.17. The molecule has 1 aliphatic heterocycles. The average molecular weight is 342 g/mol. The zero-order chi connectivity index (χ0) is 14.2. The molecule has 2 rings (SSSR count). The van der Waals surface area contributed by atoms with Gasteiger partial charge in [0.2, 0.25) is 0 Å². The molecule has 1 fully saturated rings. The predicted molar refractivity (Wildman–Crippen MR) is 61.6 cm³/mol. The average Bonchev–Trinajstić information content (AvgIpc) is 2.27. The first-order chi connectivity index (χ1) is 8.78. The summed E-state index contributed by atoms with van der Waals surface area (Å²) in [6.45, 7) is -4.35. The van der Waals surface area contributed by atoms with Gasteiger partial charge in [-0.15, -0.1) is 0 Å². The summed E-state index contributed by atoms with van der Waals surface area (Å²) >= 11 is 3.07. The maximum atomic E-state index is 12.7. The number of nitrogens with zero attached hydrogens (tertiary/aromatic N) is 1. The molecule has 1 saturated heterocycles. The number of benzene rings is 1. The van der Waals surface area contributed by atoms with Crippen molar-refractivity contribution in [3.05, 3.63) is 28.2 Å². The van der Waals surface area contributed by atoms with Gasteiger partial charge >= 0.3 is 6.61 Å². The van der Waals surface area contributed by atoms with Gasteiger partial charge in [0.1, 0.15) is 5.75 Å². The largest absolute Gasteiger partial charge is 0.435 e. The van der Waals surface area contributed by atoms with Crippen LogP contribution in [0.25, 0.3) is 0 Å². The van der Waals surface area contributed by atoms with Gasteiger partial charge in [-0.05, 0) is 34.1 Å². The SMILES string of the molecule is O=C(c1cc(OC(F)F)ccc1Br)N1CC(F)(F)C1. The minimum atomic E-state index is -3.02. The van der Waals surface area contributed by atoms with E-state index in [9.17, 15) is 22.4 Å². The van der Waals surface area contributed by atoms with Crippen LogP contribution in [-0.2, 0) is 0 Å². The quantitative estimate of drug-likeness (QED) is 0.790. The van der Waals surface area contributed by atoms with Crippen molar-refractivity contribution in [2.75, 3.05) is 13.1 Å². The topological polar surface area (TPSA) is 29.5 Å². The van der Waals surface area contributed by atoms with Crippen molar-refractivity contribution in [1.82, 2.24) is 4.90 Å². The number of alkyl halides is 4. The normalized spacial score (nSPS) is 17.3. The Morgan fingerprint density at radius 2 is 2.00 bits per heavy atom. The fraction of sp³-hybridized carbons (Fsp3) is 0.364. The molecule has 0 aromatic heterocycles. The van der Waals surface area contributed by atoms with Gasteiger partial charge in [0.05, 0.1) is 18.7 Å².